The number of benzene rings is 1. The first kappa shape index (κ1) is 14.1. The minimum absolute atomic E-state index is 0.207. The molecule has 0 spiro atoms. The van der Waals surface area contributed by atoms with E-state index in [0.717, 1.165) is 17.3 Å². The molecule has 0 unspecified atom stereocenters. The molecule has 2 rings (SSSR count). The second-order valence-electron chi connectivity index (χ2n) is 5.14. The van der Waals surface area contributed by atoms with Crippen LogP contribution in [0.15, 0.2) is 47.1 Å². The largest absolute Gasteiger partial charge is 0.497 e. The van der Waals surface area contributed by atoms with E-state index in [1.54, 1.807) is 7.11 Å². The number of rotatable bonds is 4. The fourth-order valence-electron chi connectivity index (χ4n) is 2.03. The highest BCUT2D eigenvalue weighted by Crippen LogP contribution is 2.32. The summed E-state index contributed by atoms with van der Waals surface area (Å²) in [6, 6.07) is 8.21. The van der Waals surface area contributed by atoms with Gasteiger partial charge in [-0.05, 0) is 50.6 Å². The van der Waals surface area contributed by atoms with Crippen molar-refractivity contribution in [2.24, 2.45) is 0 Å². The van der Waals surface area contributed by atoms with E-state index in [4.69, 9.17) is 9.47 Å². The predicted molar refractivity (Wildman–Crippen MR) is 81.3 cm³/mol. The summed E-state index contributed by atoms with van der Waals surface area (Å²) in [5.41, 5.74) is 1.09. The first-order valence-electron chi connectivity index (χ1n) is 6.34. The van der Waals surface area contributed by atoms with Gasteiger partial charge in [-0.15, -0.1) is 11.8 Å². The summed E-state index contributed by atoms with van der Waals surface area (Å²) in [5, 5.41) is 0. The summed E-state index contributed by atoms with van der Waals surface area (Å²) in [4.78, 5) is 1.27. The molecular formula is C16H20O2S. The van der Waals surface area contributed by atoms with Gasteiger partial charge in [-0.3, -0.25) is 0 Å². The van der Waals surface area contributed by atoms with Gasteiger partial charge in [-0.1, -0.05) is 12.1 Å². The second kappa shape index (κ2) is 5.74. The highest BCUT2D eigenvalue weighted by Gasteiger charge is 2.21. The van der Waals surface area contributed by atoms with Gasteiger partial charge in [-0.2, -0.15) is 0 Å². The summed E-state index contributed by atoms with van der Waals surface area (Å²) in [6.07, 6.45) is 4.27. The van der Waals surface area contributed by atoms with Gasteiger partial charge in [0.2, 0.25) is 0 Å². The Morgan fingerprint density at radius 3 is 2.47 bits per heavy atom. The van der Waals surface area contributed by atoms with E-state index in [2.05, 4.69) is 38.1 Å². The molecule has 1 aliphatic rings. The van der Waals surface area contributed by atoms with Crippen molar-refractivity contribution in [3.8, 4) is 5.75 Å². The molecule has 0 radical (unpaired) electrons. The fraction of sp³-hybridized carbons (Fsp3) is 0.375. The lowest BCUT2D eigenvalue weighted by Crippen LogP contribution is -2.23. The number of hydrogen-bond acceptors (Lipinski definition) is 3. The van der Waals surface area contributed by atoms with Crippen LogP contribution in [0.2, 0.25) is 0 Å². The summed E-state index contributed by atoms with van der Waals surface area (Å²) in [7, 11) is 1.69. The third kappa shape index (κ3) is 4.06. The van der Waals surface area contributed by atoms with E-state index in [1.165, 1.54) is 10.5 Å². The van der Waals surface area contributed by atoms with Crippen molar-refractivity contribution in [3.63, 3.8) is 0 Å². The molecule has 2 nitrogen and oxygen atoms in total. The SMILES string of the molecule is COc1ccc(CSC2=CC(C)(C)OC(C)=C2)cc1. The lowest BCUT2D eigenvalue weighted by atomic mass is 10.1. The molecule has 19 heavy (non-hydrogen) atoms. The third-order valence-electron chi connectivity index (χ3n) is 2.82. The molecule has 0 aliphatic carbocycles. The molecular weight excluding hydrogens is 256 g/mol. The Balaban J connectivity index is 2.00. The molecule has 0 fully saturated rings. The zero-order valence-electron chi connectivity index (χ0n) is 11.9. The maximum absolute atomic E-state index is 5.74. The highest BCUT2D eigenvalue weighted by molar-refractivity contribution is 8.02. The van der Waals surface area contributed by atoms with E-state index in [9.17, 15) is 0 Å². The Morgan fingerprint density at radius 2 is 1.89 bits per heavy atom. The first-order valence-corrected chi connectivity index (χ1v) is 7.33. The van der Waals surface area contributed by atoms with Crippen molar-refractivity contribution in [1.29, 1.82) is 0 Å². The predicted octanol–water partition coefficient (Wildman–Crippen LogP) is 4.52. The fourth-order valence-corrected chi connectivity index (χ4v) is 3.17. The molecule has 1 heterocycles. The normalized spacial score (nSPS) is 17.3. The number of thioether (sulfide) groups is 1. The van der Waals surface area contributed by atoms with Crippen LogP contribution in [0.25, 0.3) is 0 Å². The van der Waals surface area contributed by atoms with E-state index in [0.29, 0.717) is 0 Å². The number of hydrogen-bond donors (Lipinski definition) is 0. The number of allylic oxidation sites excluding steroid dienone is 2. The molecule has 0 saturated carbocycles. The minimum atomic E-state index is -0.207. The Bertz CT molecular complexity index is 498. The Hall–Kier alpha value is -1.35. The van der Waals surface area contributed by atoms with Gasteiger partial charge in [0, 0.05) is 10.7 Å². The number of methoxy groups -OCH3 is 1. The van der Waals surface area contributed by atoms with Gasteiger partial charge in [0.15, 0.2) is 0 Å². The average molecular weight is 276 g/mol. The Kier molecular flexibility index (Phi) is 4.25. The summed E-state index contributed by atoms with van der Waals surface area (Å²) in [5.74, 6) is 2.83. The standard InChI is InChI=1S/C16H20O2S/c1-12-9-15(10-16(2,3)18-12)19-11-13-5-7-14(17-4)8-6-13/h5-10H,11H2,1-4H3. The van der Waals surface area contributed by atoms with Crippen LogP contribution in [0.3, 0.4) is 0 Å². The second-order valence-corrected chi connectivity index (χ2v) is 6.19. The van der Waals surface area contributed by atoms with E-state index in [-0.39, 0.29) is 5.60 Å². The van der Waals surface area contributed by atoms with Crippen molar-refractivity contribution in [2.45, 2.75) is 32.1 Å². The summed E-state index contributed by atoms with van der Waals surface area (Å²) in [6.45, 7) is 6.16. The molecule has 0 aromatic heterocycles. The van der Waals surface area contributed by atoms with Crippen LogP contribution in [0.4, 0.5) is 0 Å². The monoisotopic (exact) mass is 276 g/mol. The zero-order chi connectivity index (χ0) is 13.9. The third-order valence-corrected chi connectivity index (χ3v) is 3.87. The van der Waals surface area contributed by atoms with Gasteiger partial charge in [-0.25, -0.2) is 0 Å². The smallest absolute Gasteiger partial charge is 0.122 e. The molecule has 1 aliphatic heterocycles. The van der Waals surface area contributed by atoms with Crippen LogP contribution in [-0.4, -0.2) is 12.7 Å². The minimum Gasteiger partial charge on any atom is -0.497 e. The Labute approximate surface area is 119 Å². The molecule has 1 aromatic rings. The van der Waals surface area contributed by atoms with Gasteiger partial charge in [0.05, 0.1) is 12.9 Å². The van der Waals surface area contributed by atoms with E-state index >= 15 is 0 Å². The quantitative estimate of drug-likeness (QED) is 0.805. The van der Waals surface area contributed by atoms with E-state index in [1.807, 2.05) is 30.8 Å². The maximum Gasteiger partial charge on any atom is 0.122 e. The summed E-state index contributed by atoms with van der Waals surface area (Å²) >= 11 is 1.83. The number of ether oxygens (including phenoxy) is 2. The van der Waals surface area contributed by atoms with Gasteiger partial charge in [0.25, 0.3) is 0 Å². The average Bonchev–Trinajstić information content (AvgIpc) is 2.34. The zero-order valence-corrected chi connectivity index (χ0v) is 12.7. The summed E-state index contributed by atoms with van der Waals surface area (Å²) < 4.78 is 10.9. The van der Waals surface area contributed by atoms with Crippen molar-refractivity contribution in [2.75, 3.05) is 7.11 Å². The molecule has 0 atom stereocenters. The molecule has 0 amide bonds. The van der Waals surface area contributed by atoms with Crippen LogP contribution in [0, 0.1) is 0 Å². The highest BCUT2D eigenvalue weighted by atomic mass is 32.2. The molecule has 102 valence electrons. The molecule has 1 aromatic carbocycles. The molecule has 0 N–H and O–H groups in total. The van der Waals surface area contributed by atoms with Crippen molar-refractivity contribution in [1.82, 2.24) is 0 Å². The lowest BCUT2D eigenvalue weighted by molar-refractivity contribution is 0.0758. The molecule has 0 saturated heterocycles. The maximum atomic E-state index is 5.74. The van der Waals surface area contributed by atoms with Crippen molar-refractivity contribution >= 4 is 11.8 Å². The first-order chi connectivity index (χ1) is 8.98. The van der Waals surface area contributed by atoms with Gasteiger partial charge >= 0.3 is 0 Å². The van der Waals surface area contributed by atoms with Gasteiger partial charge < -0.3 is 9.47 Å². The Morgan fingerprint density at radius 1 is 1.21 bits per heavy atom. The lowest BCUT2D eigenvalue weighted by Gasteiger charge is -2.28. The van der Waals surface area contributed by atoms with Gasteiger partial charge in [0.1, 0.15) is 11.4 Å². The van der Waals surface area contributed by atoms with Crippen LogP contribution in [0.5, 0.6) is 5.75 Å². The van der Waals surface area contributed by atoms with Crippen LogP contribution in [-0.2, 0) is 10.5 Å². The molecule has 3 heteroatoms. The topological polar surface area (TPSA) is 18.5 Å². The van der Waals surface area contributed by atoms with Crippen molar-refractivity contribution in [3.05, 3.63) is 52.6 Å². The van der Waals surface area contributed by atoms with Crippen LogP contribution in [0.1, 0.15) is 26.3 Å². The van der Waals surface area contributed by atoms with E-state index < -0.39 is 0 Å². The van der Waals surface area contributed by atoms with Crippen molar-refractivity contribution < 1.29 is 9.47 Å². The van der Waals surface area contributed by atoms with Crippen LogP contribution < -0.4 is 4.74 Å². The van der Waals surface area contributed by atoms with Crippen LogP contribution >= 0.6 is 11.8 Å². The molecule has 0 bridgehead atoms.